The van der Waals surface area contributed by atoms with E-state index in [1.165, 1.54) is 29.5 Å². The van der Waals surface area contributed by atoms with E-state index in [0.717, 1.165) is 31.4 Å². The number of carbonyl (C=O) groups is 1. The van der Waals surface area contributed by atoms with Gasteiger partial charge in [-0.3, -0.25) is 4.79 Å². The number of benzene rings is 2. The molecule has 1 fully saturated rings. The van der Waals surface area contributed by atoms with Crippen LogP contribution in [0.1, 0.15) is 61.3 Å². The zero-order chi connectivity index (χ0) is 18.6. The summed E-state index contributed by atoms with van der Waals surface area (Å²) in [4.78, 5) is 15.2. The van der Waals surface area contributed by atoms with E-state index in [1.54, 1.807) is 0 Å². The number of amides is 1. The second kappa shape index (κ2) is 8.16. The van der Waals surface area contributed by atoms with E-state index in [-0.39, 0.29) is 0 Å². The Hall–Kier alpha value is -2.29. The van der Waals surface area contributed by atoms with Gasteiger partial charge >= 0.3 is 0 Å². The van der Waals surface area contributed by atoms with E-state index in [1.807, 2.05) is 12.1 Å². The molecule has 0 spiro atoms. The topological polar surface area (TPSA) is 29.5 Å². The number of hydrogen-bond acceptors (Lipinski definition) is 2. The molecule has 2 aromatic carbocycles. The van der Waals surface area contributed by atoms with Gasteiger partial charge in [-0.2, -0.15) is 0 Å². The van der Waals surface area contributed by atoms with E-state index >= 15 is 0 Å². The smallest absolute Gasteiger partial charge is 0.223 e. The summed E-state index contributed by atoms with van der Waals surface area (Å²) in [7, 11) is 0. The molecular weight excluding hydrogens is 334 g/mol. The quantitative estimate of drug-likeness (QED) is 0.602. The van der Waals surface area contributed by atoms with Gasteiger partial charge in [0, 0.05) is 12.5 Å². The standard InChI is InChI=1S/C24H29NO2/c1-18-7-6-9-21(17-18)27-16-5-4-11-24(26)25(20-13-14-20)23-15-12-19-8-2-3-10-22(19)23/h2-3,6-10,17,20,23H,4-5,11-16H2,1H3. The second-order valence-corrected chi connectivity index (χ2v) is 7.91. The largest absolute Gasteiger partial charge is 0.494 e. The molecule has 3 heteroatoms. The van der Waals surface area contributed by atoms with Gasteiger partial charge < -0.3 is 9.64 Å². The minimum Gasteiger partial charge on any atom is -0.494 e. The molecule has 142 valence electrons. The summed E-state index contributed by atoms with van der Waals surface area (Å²) >= 11 is 0. The van der Waals surface area contributed by atoms with Crippen LogP contribution in [0, 0.1) is 6.92 Å². The molecule has 27 heavy (non-hydrogen) atoms. The third-order valence-corrected chi connectivity index (χ3v) is 5.71. The SMILES string of the molecule is Cc1cccc(OCCCCC(=O)N(C2CC2)C2CCc3ccccc32)c1. The molecule has 0 saturated heterocycles. The Kier molecular flexibility index (Phi) is 5.47. The van der Waals surface area contributed by atoms with Gasteiger partial charge in [0.15, 0.2) is 0 Å². The van der Waals surface area contributed by atoms with Gasteiger partial charge in [0.2, 0.25) is 5.91 Å². The Labute approximate surface area is 162 Å². The molecule has 0 heterocycles. The zero-order valence-corrected chi connectivity index (χ0v) is 16.2. The fraction of sp³-hybridized carbons (Fsp3) is 0.458. The lowest BCUT2D eigenvalue weighted by molar-refractivity contribution is -0.134. The van der Waals surface area contributed by atoms with Crippen LogP contribution in [0.3, 0.4) is 0 Å². The molecule has 0 bridgehead atoms. The number of carbonyl (C=O) groups excluding carboxylic acids is 1. The van der Waals surface area contributed by atoms with Crippen molar-refractivity contribution in [2.75, 3.05) is 6.61 Å². The molecule has 1 saturated carbocycles. The van der Waals surface area contributed by atoms with Crippen LogP contribution < -0.4 is 4.74 Å². The predicted octanol–water partition coefficient (Wildman–Crippen LogP) is 5.22. The van der Waals surface area contributed by atoms with Crippen LogP contribution in [0.15, 0.2) is 48.5 Å². The van der Waals surface area contributed by atoms with E-state index in [0.29, 0.717) is 31.0 Å². The zero-order valence-electron chi connectivity index (χ0n) is 16.2. The highest BCUT2D eigenvalue weighted by Crippen LogP contribution is 2.42. The first-order chi connectivity index (χ1) is 13.2. The van der Waals surface area contributed by atoms with Gasteiger partial charge in [-0.25, -0.2) is 0 Å². The van der Waals surface area contributed by atoms with Gasteiger partial charge in [-0.15, -0.1) is 0 Å². The highest BCUT2D eigenvalue weighted by Gasteiger charge is 2.39. The number of aryl methyl sites for hydroxylation is 2. The third-order valence-electron chi connectivity index (χ3n) is 5.71. The van der Waals surface area contributed by atoms with Crippen molar-refractivity contribution in [3.05, 3.63) is 65.2 Å². The lowest BCUT2D eigenvalue weighted by atomic mass is 10.1. The molecule has 2 aromatic rings. The third kappa shape index (κ3) is 4.35. The average Bonchev–Trinajstić information content (AvgIpc) is 3.41. The fourth-order valence-corrected chi connectivity index (χ4v) is 4.21. The first-order valence-electron chi connectivity index (χ1n) is 10.3. The maximum Gasteiger partial charge on any atom is 0.223 e. The van der Waals surface area contributed by atoms with Gasteiger partial charge in [-0.05, 0) is 74.3 Å². The van der Waals surface area contributed by atoms with E-state index in [9.17, 15) is 4.79 Å². The molecule has 0 aromatic heterocycles. The first kappa shape index (κ1) is 18.1. The number of rotatable bonds is 8. The molecule has 1 amide bonds. The molecule has 1 unspecified atom stereocenters. The lowest BCUT2D eigenvalue weighted by Gasteiger charge is -2.30. The van der Waals surface area contributed by atoms with Crippen molar-refractivity contribution >= 4 is 5.91 Å². The second-order valence-electron chi connectivity index (χ2n) is 7.91. The Morgan fingerprint density at radius 2 is 1.93 bits per heavy atom. The van der Waals surface area contributed by atoms with Crippen LogP contribution in [0.4, 0.5) is 0 Å². The molecule has 0 aliphatic heterocycles. The van der Waals surface area contributed by atoms with Crippen molar-refractivity contribution in [1.82, 2.24) is 4.90 Å². The monoisotopic (exact) mass is 363 g/mol. The summed E-state index contributed by atoms with van der Waals surface area (Å²) in [6.45, 7) is 2.74. The highest BCUT2D eigenvalue weighted by molar-refractivity contribution is 5.77. The summed E-state index contributed by atoms with van der Waals surface area (Å²) in [6.07, 6.45) is 6.95. The lowest BCUT2D eigenvalue weighted by Crippen LogP contribution is -2.35. The maximum atomic E-state index is 13.0. The number of hydrogen-bond donors (Lipinski definition) is 0. The fourth-order valence-electron chi connectivity index (χ4n) is 4.21. The molecular formula is C24H29NO2. The van der Waals surface area contributed by atoms with E-state index in [2.05, 4.69) is 48.2 Å². The van der Waals surface area contributed by atoms with Crippen molar-refractivity contribution in [1.29, 1.82) is 0 Å². The summed E-state index contributed by atoms with van der Waals surface area (Å²) in [6, 6.07) is 17.5. The molecule has 0 radical (unpaired) electrons. The van der Waals surface area contributed by atoms with Gasteiger partial charge in [0.1, 0.15) is 5.75 Å². The Morgan fingerprint density at radius 3 is 2.74 bits per heavy atom. The van der Waals surface area contributed by atoms with Crippen LogP contribution in [0.25, 0.3) is 0 Å². The molecule has 2 aliphatic rings. The number of ether oxygens (including phenoxy) is 1. The predicted molar refractivity (Wildman–Crippen MR) is 108 cm³/mol. The number of unbranched alkanes of at least 4 members (excludes halogenated alkanes) is 1. The Balaban J connectivity index is 1.28. The van der Waals surface area contributed by atoms with Crippen LogP contribution in [-0.2, 0) is 11.2 Å². The van der Waals surface area contributed by atoms with Crippen molar-refractivity contribution < 1.29 is 9.53 Å². The maximum absolute atomic E-state index is 13.0. The molecule has 3 nitrogen and oxygen atoms in total. The molecule has 1 atom stereocenters. The van der Waals surface area contributed by atoms with Gasteiger partial charge in [0.25, 0.3) is 0 Å². The van der Waals surface area contributed by atoms with Crippen molar-refractivity contribution in [3.8, 4) is 5.75 Å². The van der Waals surface area contributed by atoms with Crippen LogP contribution in [0.2, 0.25) is 0 Å². The number of fused-ring (bicyclic) bond motifs is 1. The van der Waals surface area contributed by atoms with Gasteiger partial charge in [-0.1, -0.05) is 36.4 Å². The summed E-state index contributed by atoms with van der Waals surface area (Å²) in [5, 5.41) is 0. The van der Waals surface area contributed by atoms with Crippen molar-refractivity contribution in [3.63, 3.8) is 0 Å². The highest BCUT2D eigenvalue weighted by atomic mass is 16.5. The molecule has 0 N–H and O–H groups in total. The number of nitrogens with zero attached hydrogens (tertiary/aromatic N) is 1. The Morgan fingerprint density at radius 1 is 1.07 bits per heavy atom. The van der Waals surface area contributed by atoms with Crippen LogP contribution in [0.5, 0.6) is 5.75 Å². The first-order valence-corrected chi connectivity index (χ1v) is 10.3. The average molecular weight is 364 g/mol. The summed E-state index contributed by atoms with van der Waals surface area (Å²) in [5.74, 6) is 1.25. The van der Waals surface area contributed by atoms with Crippen molar-refractivity contribution in [2.45, 2.75) is 64.0 Å². The molecule has 2 aliphatic carbocycles. The van der Waals surface area contributed by atoms with Crippen LogP contribution >= 0.6 is 0 Å². The summed E-state index contributed by atoms with van der Waals surface area (Å²) < 4.78 is 5.81. The van der Waals surface area contributed by atoms with Crippen molar-refractivity contribution in [2.24, 2.45) is 0 Å². The van der Waals surface area contributed by atoms with Crippen LogP contribution in [-0.4, -0.2) is 23.5 Å². The molecule has 4 rings (SSSR count). The minimum atomic E-state index is 0.296. The van der Waals surface area contributed by atoms with Gasteiger partial charge in [0.05, 0.1) is 12.6 Å². The van der Waals surface area contributed by atoms with E-state index in [4.69, 9.17) is 4.74 Å². The minimum absolute atomic E-state index is 0.296. The summed E-state index contributed by atoms with van der Waals surface area (Å²) in [5.41, 5.74) is 4.01. The van der Waals surface area contributed by atoms with E-state index < -0.39 is 0 Å². The normalized spacial score (nSPS) is 18.2. The Bertz CT molecular complexity index is 796.